The van der Waals surface area contributed by atoms with Gasteiger partial charge in [-0.2, -0.15) is 10.2 Å². The van der Waals surface area contributed by atoms with Crippen LogP contribution in [-0.4, -0.2) is 25.9 Å². The zero-order chi connectivity index (χ0) is 14.0. The minimum atomic E-state index is -0.281. The summed E-state index contributed by atoms with van der Waals surface area (Å²) in [6.07, 6.45) is 2.45. The lowest BCUT2D eigenvalue weighted by Gasteiger charge is -2.03. The summed E-state index contributed by atoms with van der Waals surface area (Å²) < 4.78 is 1.76. The van der Waals surface area contributed by atoms with Crippen LogP contribution in [0.15, 0.2) is 6.20 Å². The van der Waals surface area contributed by atoms with E-state index >= 15 is 0 Å². The summed E-state index contributed by atoms with van der Waals surface area (Å²) in [6.45, 7) is 4.31. The van der Waals surface area contributed by atoms with Gasteiger partial charge >= 0.3 is 0 Å². The van der Waals surface area contributed by atoms with Crippen molar-refractivity contribution >= 4 is 11.6 Å². The molecule has 0 spiro atoms. The number of carbonyl (C=O) groups is 1. The van der Waals surface area contributed by atoms with Crippen LogP contribution in [0, 0.1) is 6.92 Å². The molecule has 0 saturated carbocycles. The highest BCUT2D eigenvalue weighted by atomic mass is 16.1. The molecule has 0 aliphatic rings. The normalized spacial score (nSPS) is 10.7. The first-order chi connectivity index (χ1) is 9.04. The van der Waals surface area contributed by atoms with Gasteiger partial charge in [-0.25, -0.2) is 0 Å². The number of H-pyrrole nitrogens is 1. The average molecular weight is 262 g/mol. The summed E-state index contributed by atoms with van der Waals surface area (Å²) in [6, 6.07) is 0. The number of aryl methyl sites for hydroxylation is 2. The first-order valence-electron chi connectivity index (χ1n) is 6.13. The Hall–Kier alpha value is -2.31. The molecule has 7 heteroatoms. The van der Waals surface area contributed by atoms with Crippen molar-refractivity contribution in [2.24, 2.45) is 7.05 Å². The molecular weight excluding hydrogens is 244 g/mol. The fourth-order valence-electron chi connectivity index (χ4n) is 1.81. The van der Waals surface area contributed by atoms with E-state index in [9.17, 15) is 4.79 Å². The molecule has 4 N–H and O–H groups in total. The number of anilines is 1. The standard InChI is InChI=1S/C12H18N6O/c1-4-9-10(13)11(17-16-9)12(19)14-5-8-6-15-18(3)7(8)2/h6H,4-5,13H2,1-3H3,(H,14,19)(H,16,17). The number of rotatable bonds is 4. The van der Waals surface area contributed by atoms with Crippen LogP contribution in [-0.2, 0) is 20.0 Å². The van der Waals surface area contributed by atoms with Crippen LogP contribution in [0.1, 0.15) is 34.4 Å². The molecule has 2 rings (SSSR count). The van der Waals surface area contributed by atoms with Crippen molar-refractivity contribution in [2.75, 3.05) is 5.73 Å². The van der Waals surface area contributed by atoms with Crippen LogP contribution in [0.2, 0.25) is 0 Å². The molecule has 0 aliphatic heterocycles. The zero-order valence-corrected chi connectivity index (χ0v) is 11.3. The van der Waals surface area contributed by atoms with Gasteiger partial charge in [-0.3, -0.25) is 14.6 Å². The second kappa shape index (κ2) is 5.13. The highest BCUT2D eigenvalue weighted by molar-refractivity contribution is 5.97. The monoisotopic (exact) mass is 262 g/mol. The lowest BCUT2D eigenvalue weighted by Crippen LogP contribution is -2.24. The Bertz CT molecular complexity index is 597. The van der Waals surface area contributed by atoms with E-state index in [1.54, 1.807) is 10.9 Å². The van der Waals surface area contributed by atoms with Crippen molar-refractivity contribution in [1.82, 2.24) is 25.3 Å². The van der Waals surface area contributed by atoms with Crippen molar-refractivity contribution in [1.29, 1.82) is 0 Å². The van der Waals surface area contributed by atoms with Crippen LogP contribution < -0.4 is 11.1 Å². The van der Waals surface area contributed by atoms with Gasteiger partial charge in [-0.05, 0) is 13.3 Å². The van der Waals surface area contributed by atoms with Gasteiger partial charge in [-0.1, -0.05) is 6.92 Å². The molecule has 1 amide bonds. The lowest BCUT2D eigenvalue weighted by atomic mass is 10.2. The van der Waals surface area contributed by atoms with Crippen LogP contribution >= 0.6 is 0 Å². The van der Waals surface area contributed by atoms with Crippen LogP contribution in [0.3, 0.4) is 0 Å². The number of nitrogens with one attached hydrogen (secondary N) is 2. The summed E-state index contributed by atoms with van der Waals surface area (Å²) >= 11 is 0. The fourth-order valence-corrected chi connectivity index (χ4v) is 1.81. The number of carbonyl (C=O) groups excluding carboxylic acids is 1. The van der Waals surface area contributed by atoms with E-state index in [2.05, 4.69) is 20.6 Å². The van der Waals surface area contributed by atoms with Crippen molar-refractivity contribution < 1.29 is 4.79 Å². The minimum absolute atomic E-state index is 0.249. The number of nitrogens with two attached hydrogens (primary N) is 1. The lowest BCUT2D eigenvalue weighted by molar-refractivity contribution is 0.0946. The highest BCUT2D eigenvalue weighted by Crippen LogP contribution is 2.14. The predicted octanol–water partition coefficient (Wildman–Crippen LogP) is 0.526. The molecule has 0 saturated heterocycles. The maximum atomic E-state index is 12.0. The molecule has 0 aliphatic carbocycles. The van der Waals surface area contributed by atoms with Gasteiger partial charge in [-0.15, -0.1) is 0 Å². The molecule has 0 unspecified atom stereocenters. The third-order valence-electron chi connectivity index (χ3n) is 3.23. The Morgan fingerprint density at radius 2 is 2.32 bits per heavy atom. The van der Waals surface area contributed by atoms with Gasteiger partial charge in [0.15, 0.2) is 5.69 Å². The number of hydrogen-bond acceptors (Lipinski definition) is 4. The molecular formula is C12H18N6O. The van der Waals surface area contributed by atoms with E-state index in [0.717, 1.165) is 17.0 Å². The average Bonchev–Trinajstić information content (AvgIpc) is 2.92. The van der Waals surface area contributed by atoms with Gasteiger partial charge < -0.3 is 11.1 Å². The number of hydrogen-bond donors (Lipinski definition) is 3. The van der Waals surface area contributed by atoms with Gasteiger partial charge in [0.05, 0.1) is 17.6 Å². The van der Waals surface area contributed by atoms with Crippen molar-refractivity contribution in [3.63, 3.8) is 0 Å². The maximum absolute atomic E-state index is 12.0. The van der Waals surface area contributed by atoms with Crippen molar-refractivity contribution in [3.05, 3.63) is 28.8 Å². The zero-order valence-electron chi connectivity index (χ0n) is 11.3. The Morgan fingerprint density at radius 3 is 2.84 bits per heavy atom. The first-order valence-corrected chi connectivity index (χ1v) is 6.13. The molecule has 2 heterocycles. The molecule has 0 atom stereocenters. The van der Waals surface area contributed by atoms with Crippen molar-refractivity contribution in [3.8, 4) is 0 Å². The van der Waals surface area contributed by atoms with E-state index in [4.69, 9.17) is 5.73 Å². The highest BCUT2D eigenvalue weighted by Gasteiger charge is 2.16. The van der Waals surface area contributed by atoms with Crippen LogP contribution in [0.4, 0.5) is 5.69 Å². The third kappa shape index (κ3) is 2.44. The number of aromatic nitrogens is 4. The van der Waals surface area contributed by atoms with Crippen molar-refractivity contribution in [2.45, 2.75) is 26.8 Å². The van der Waals surface area contributed by atoms with Gasteiger partial charge in [0.25, 0.3) is 5.91 Å². The Balaban J connectivity index is 2.05. The largest absolute Gasteiger partial charge is 0.395 e. The van der Waals surface area contributed by atoms with Crippen LogP contribution in [0.5, 0.6) is 0 Å². The maximum Gasteiger partial charge on any atom is 0.274 e. The topological polar surface area (TPSA) is 102 Å². The molecule has 0 aromatic carbocycles. The second-order valence-corrected chi connectivity index (χ2v) is 4.38. The third-order valence-corrected chi connectivity index (χ3v) is 3.23. The second-order valence-electron chi connectivity index (χ2n) is 4.38. The quantitative estimate of drug-likeness (QED) is 0.747. The van der Waals surface area contributed by atoms with Crippen LogP contribution in [0.25, 0.3) is 0 Å². The molecule has 0 bridgehead atoms. The summed E-state index contributed by atoms with van der Waals surface area (Å²) in [4.78, 5) is 12.0. The predicted molar refractivity (Wildman–Crippen MR) is 71.5 cm³/mol. The molecule has 2 aromatic rings. The molecule has 2 aromatic heterocycles. The molecule has 102 valence electrons. The summed E-state index contributed by atoms with van der Waals surface area (Å²) in [7, 11) is 1.86. The Morgan fingerprint density at radius 1 is 1.58 bits per heavy atom. The Kier molecular flexibility index (Phi) is 3.55. The van der Waals surface area contributed by atoms with Gasteiger partial charge in [0, 0.05) is 24.8 Å². The number of nitrogens with zero attached hydrogens (tertiary/aromatic N) is 3. The van der Waals surface area contributed by atoms with E-state index in [1.807, 2.05) is 20.9 Å². The van der Waals surface area contributed by atoms with Gasteiger partial charge in [0.2, 0.25) is 0 Å². The molecule has 0 radical (unpaired) electrons. The summed E-state index contributed by atoms with van der Waals surface area (Å²) in [5.74, 6) is -0.281. The summed E-state index contributed by atoms with van der Waals surface area (Å²) in [5.41, 5.74) is 9.29. The molecule has 7 nitrogen and oxygen atoms in total. The van der Waals surface area contributed by atoms with Gasteiger partial charge in [0.1, 0.15) is 0 Å². The molecule has 19 heavy (non-hydrogen) atoms. The SMILES string of the molecule is CCc1[nH]nc(C(=O)NCc2cnn(C)c2C)c1N. The van der Waals surface area contributed by atoms with E-state index < -0.39 is 0 Å². The minimum Gasteiger partial charge on any atom is -0.395 e. The molecule has 0 fully saturated rings. The fraction of sp³-hybridized carbons (Fsp3) is 0.417. The Labute approximate surface area is 111 Å². The number of aromatic amines is 1. The smallest absolute Gasteiger partial charge is 0.274 e. The first kappa shape index (κ1) is 13.1. The number of nitrogen functional groups attached to an aromatic ring is 1. The van der Waals surface area contributed by atoms with E-state index in [0.29, 0.717) is 18.7 Å². The number of amides is 1. The van der Waals surface area contributed by atoms with E-state index in [1.165, 1.54) is 0 Å². The van der Waals surface area contributed by atoms with E-state index in [-0.39, 0.29) is 11.6 Å². The summed E-state index contributed by atoms with van der Waals surface area (Å²) in [5, 5.41) is 13.6.